The van der Waals surface area contributed by atoms with Crippen molar-refractivity contribution in [1.29, 1.82) is 0 Å². The van der Waals surface area contributed by atoms with Gasteiger partial charge in [0, 0.05) is 18.1 Å². The van der Waals surface area contributed by atoms with Gasteiger partial charge >= 0.3 is 6.09 Å². The van der Waals surface area contributed by atoms with Crippen molar-refractivity contribution in [2.24, 2.45) is 0 Å². The Morgan fingerprint density at radius 3 is 2.18 bits per heavy atom. The predicted molar refractivity (Wildman–Crippen MR) is 99.3 cm³/mol. The highest BCUT2D eigenvalue weighted by Gasteiger charge is 2.38. The fourth-order valence-electron chi connectivity index (χ4n) is 1.50. The van der Waals surface area contributed by atoms with E-state index in [1.165, 1.54) is 0 Å². The molecule has 0 radical (unpaired) electrons. The third-order valence-electron chi connectivity index (χ3n) is 3.57. The molecule has 1 N–H and O–H groups in total. The first-order valence-corrected chi connectivity index (χ1v) is 12.0. The topological polar surface area (TPSA) is 47.6 Å². The number of hydrogen-bond acceptors (Lipinski definition) is 4. The number of rotatable bonds is 7. The van der Waals surface area contributed by atoms with Gasteiger partial charge in [-0.25, -0.2) is 4.79 Å². The zero-order valence-electron chi connectivity index (χ0n) is 15.8. The summed E-state index contributed by atoms with van der Waals surface area (Å²) in [4.78, 5) is 11.5. The molecular formula is C16H35NO3SSi. The van der Waals surface area contributed by atoms with Gasteiger partial charge in [-0.15, -0.1) is 0 Å². The van der Waals surface area contributed by atoms with Gasteiger partial charge in [-0.2, -0.15) is 11.8 Å². The van der Waals surface area contributed by atoms with Gasteiger partial charge in [-0.3, -0.25) is 0 Å². The summed E-state index contributed by atoms with van der Waals surface area (Å²) in [6.07, 6.45) is -0.105. The van der Waals surface area contributed by atoms with Gasteiger partial charge in [0.1, 0.15) is 5.60 Å². The molecule has 0 aromatic carbocycles. The average molecular weight is 350 g/mol. The Bertz CT molecular complexity index is 348. The number of hydrogen-bond donors (Lipinski definition) is 1. The molecule has 0 aliphatic rings. The van der Waals surface area contributed by atoms with Crippen LogP contribution in [0, 0.1) is 0 Å². The lowest BCUT2D eigenvalue weighted by Crippen LogP contribution is -2.43. The Morgan fingerprint density at radius 1 is 1.18 bits per heavy atom. The molecule has 22 heavy (non-hydrogen) atoms. The fourth-order valence-corrected chi connectivity index (χ4v) is 3.88. The van der Waals surface area contributed by atoms with E-state index < -0.39 is 13.9 Å². The van der Waals surface area contributed by atoms with Gasteiger partial charge < -0.3 is 14.5 Å². The van der Waals surface area contributed by atoms with Crippen LogP contribution in [0.5, 0.6) is 0 Å². The monoisotopic (exact) mass is 349 g/mol. The highest BCUT2D eigenvalue weighted by Crippen LogP contribution is 2.37. The third kappa shape index (κ3) is 9.74. The normalized spacial score (nSPS) is 14.6. The van der Waals surface area contributed by atoms with Crippen molar-refractivity contribution in [2.45, 2.75) is 78.3 Å². The zero-order chi connectivity index (χ0) is 17.6. The highest BCUT2D eigenvalue weighted by atomic mass is 32.2. The van der Waals surface area contributed by atoms with E-state index in [0.29, 0.717) is 6.54 Å². The Kier molecular flexibility index (Phi) is 8.51. The minimum Gasteiger partial charge on any atom is -0.444 e. The molecule has 1 atom stereocenters. The summed E-state index contributed by atoms with van der Waals surface area (Å²) in [5.74, 6) is 1.81. The molecule has 1 unspecified atom stereocenters. The lowest BCUT2D eigenvalue weighted by molar-refractivity contribution is 0.0531. The number of carbonyl (C=O) groups excluding carboxylic acids is 1. The Labute approximate surface area is 142 Å². The predicted octanol–water partition coefficient (Wildman–Crippen LogP) is 4.65. The van der Waals surface area contributed by atoms with Gasteiger partial charge in [0.2, 0.25) is 0 Å². The van der Waals surface area contributed by atoms with Crippen LogP contribution in [0.15, 0.2) is 0 Å². The third-order valence-corrected chi connectivity index (χ3v) is 9.37. The molecule has 4 nitrogen and oxygen atoms in total. The van der Waals surface area contributed by atoms with Crippen LogP contribution in [0.1, 0.15) is 48.5 Å². The molecule has 0 bridgehead atoms. The number of alkyl carbamates (subject to hydrolysis) is 1. The lowest BCUT2D eigenvalue weighted by atomic mass is 10.2. The van der Waals surface area contributed by atoms with E-state index in [0.717, 1.165) is 11.5 Å². The fraction of sp³-hybridized carbons (Fsp3) is 0.938. The SMILES string of the molecule is CC(CSCCNC(=O)OC(C)(C)C)O[Si](C)(C)C(C)(C)C. The van der Waals surface area contributed by atoms with E-state index in [1.807, 2.05) is 20.8 Å². The minimum absolute atomic E-state index is 0.240. The lowest BCUT2D eigenvalue weighted by Gasteiger charge is -2.38. The standard InChI is InChI=1S/C16H35NO3SSi/c1-13(20-22(8,9)16(5,6)7)12-21-11-10-17-14(18)19-15(2,3)4/h13H,10-12H2,1-9H3,(H,17,18). The number of nitrogens with one attached hydrogen (secondary N) is 1. The van der Waals surface area contributed by atoms with E-state index in [1.54, 1.807) is 11.8 Å². The molecule has 0 fully saturated rings. The molecule has 0 rings (SSSR count). The maximum Gasteiger partial charge on any atom is 0.407 e. The van der Waals surface area contributed by atoms with Crippen LogP contribution < -0.4 is 5.32 Å². The van der Waals surface area contributed by atoms with Crippen molar-refractivity contribution in [3.63, 3.8) is 0 Å². The summed E-state index contributed by atoms with van der Waals surface area (Å²) in [7, 11) is -1.68. The molecule has 0 aromatic heterocycles. The number of thioether (sulfide) groups is 1. The first-order valence-electron chi connectivity index (χ1n) is 7.97. The first kappa shape index (κ1) is 21.8. The van der Waals surface area contributed by atoms with Crippen molar-refractivity contribution in [3.8, 4) is 0 Å². The van der Waals surface area contributed by atoms with E-state index in [2.05, 4.69) is 46.1 Å². The van der Waals surface area contributed by atoms with Crippen molar-refractivity contribution in [1.82, 2.24) is 5.32 Å². The maximum absolute atomic E-state index is 11.5. The molecule has 0 aliphatic heterocycles. The molecule has 0 heterocycles. The van der Waals surface area contributed by atoms with E-state index in [4.69, 9.17) is 9.16 Å². The molecule has 6 heteroatoms. The van der Waals surface area contributed by atoms with Gasteiger partial charge in [-0.05, 0) is 45.8 Å². The second kappa shape index (κ2) is 8.59. The molecule has 0 aliphatic carbocycles. The summed E-state index contributed by atoms with van der Waals surface area (Å²) >= 11 is 1.80. The van der Waals surface area contributed by atoms with Gasteiger partial charge in [-0.1, -0.05) is 20.8 Å². The number of ether oxygens (including phenoxy) is 1. The molecule has 132 valence electrons. The molecular weight excluding hydrogens is 314 g/mol. The van der Waals surface area contributed by atoms with Crippen LogP contribution in [0.3, 0.4) is 0 Å². The van der Waals surface area contributed by atoms with Crippen LogP contribution in [0.25, 0.3) is 0 Å². The molecule has 0 aromatic rings. The van der Waals surface area contributed by atoms with Crippen LogP contribution in [-0.4, -0.2) is 44.2 Å². The van der Waals surface area contributed by atoms with Crippen molar-refractivity contribution < 1.29 is 14.0 Å². The van der Waals surface area contributed by atoms with E-state index in [-0.39, 0.29) is 17.2 Å². The second-order valence-electron chi connectivity index (χ2n) is 8.19. The molecule has 1 amide bonds. The van der Waals surface area contributed by atoms with E-state index >= 15 is 0 Å². The average Bonchev–Trinajstić information content (AvgIpc) is 2.23. The van der Waals surface area contributed by atoms with Gasteiger partial charge in [0.25, 0.3) is 0 Å². The Balaban J connectivity index is 3.87. The van der Waals surface area contributed by atoms with Crippen LogP contribution in [0.4, 0.5) is 4.79 Å². The number of amides is 1. The highest BCUT2D eigenvalue weighted by molar-refractivity contribution is 7.99. The summed E-state index contributed by atoms with van der Waals surface area (Å²) in [5, 5.41) is 3.01. The van der Waals surface area contributed by atoms with Crippen molar-refractivity contribution in [3.05, 3.63) is 0 Å². The van der Waals surface area contributed by atoms with Crippen molar-refractivity contribution >= 4 is 26.2 Å². The largest absolute Gasteiger partial charge is 0.444 e. The Morgan fingerprint density at radius 2 is 1.73 bits per heavy atom. The van der Waals surface area contributed by atoms with Crippen LogP contribution in [0.2, 0.25) is 18.1 Å². The quantitative estimate of drug-likeness (QED) is 0.536. The summed E-state index contributed by atoms with van der Waals surface area (Å²) in [5.41, 5.74) is -0.442. The summed E-state index contributed by atoms with van der Waals surface area (Å²) < 4.78 is 11.5. The maximum atomic E-state index is 11.5. The molecule has 0 spiro atoms. The zero-order valence-corrected chi connectivity index (χ0v) is 17.6. The minimum atomic E-state index is -1.68. The van der Waals surface area contributed by atoms with E-state index in [9.17, 15) is 4.79 Å². The summed E-state index contributed by atoms with van der Waals surface area (Å²) in [6, 6.07) is 0. The smallest absolute Gasteiger partial charge is 0.407 e. The van der Waals surface area contributed by atoms with Gasteiger partial charge in [0.05, 0.1) is 6.10 Å². The first-order chi connectivity index (χ1) is 9.74. The van der Waals surface area contributed by atoms with Gasteiger partial charge in [0.15, 0.2) is 8.32 Å². The van der Waals surface area contributed by atoms with Crippen molar-refractivity contribution in [2.75, 3.05) is 18.1 Å². The molecule has 0 saturated carbocycles. The second-order valence-corrected chi connectivity index (χ2v) is 14.1. The number of carbonyl (C=O) groups is 1. The molecule has 0 saturated heterocycles. The Hall–Kier alpha value is -0.203. The van der Waals surface area contributed by atoms with Crippen LogP contribution in [-0.2, 0) is 9.16 Å². The summed E-state index contributed by atoms with van der Waals surface area (Å²) in [6.45, 7) is 19.7. The van der Waals surface area contributed by atoms with Crippen LogP contribution >= 0.6 is 11.8 Å².